The molecule has 0 aliphatic heterocycles. The summed E-state index contributed by atoms with van der Waals surface area (Å²) in [4.78, 5) is 19.4. The first-order chi connectivity index (χ1) is 8.70. The average Bonchev–Trinajstić information content (AvgIpc) is 2.57. The largest absolute Gasteiger partial charge is 0.367 e. The van der Waals surface area contributed by atoms with Crippen LogP contribution in [-0.4, -0.2) is 22.3 Å². The molecule has 1 aromatic heterocycles. The zero-order chi connectivity index (χ0) is 13.0. The molecule has 0 amide bonds. The number of halogens is 1. The number of nitrogens with zero attached hydrogens (tertiary/aromatic N) is 2. The second-order valence-electron chi connectivity index (χ2n) is 4.77. The molecule has 1 aliphatic carbocycles. The summed E-state index contributed by atoms with van der Waals surface area (Å²) >= 11 is 5.96. The Kier molecular flexibility index (Phi) is 4.53. The van der Waals surface area contributed by atoms with Crippen LogP contribution in [0.1, 0.15) is 54.7 Å². The summed E-state index contributed by atoms with van der Waals surface area (Å²) in [6, 6.07) is 0.386. The number of hydrogen-bond donors (Lipinski definition) is 1. The van der Waals surface area contributed by atoms with Crippen molar-refractivity contribution >= 4 is 23.7 Å². The monoisotopic (exact) mass is 267 g/mol. The van der Waals surface area contributed by atoms with E-state index < -0.39 is 0 Å². The van der Waals surface area contributed by atoms with Gasteiger partial charge in [-0.05, 0) is 19.8 Å². The van der Waals surface area contributed by atoms with Crippen molar-refractivity contribution in [3.05, 3.63) is 16.5 Å². The lowest BCUT2D eigenvalue weighted by Crippen LogP contribution is -2.20. The molecule has 1 fully saturated rings. The molecule has 0 saturated heterocycles. The number of nitrogens with one attached hydrogen (secondary N) is 1. The van der Waals surface area contributed by atoms with Crippen molar-refractivity contribution in [3.63, 3.8) is 0 Å². The van der Waals surface area contributed by atoms with Gasteiger partial charge in [0.15, 0.2) is 6.29 Å². The Labute approximate surface area is 112 Å². The van der Waals surface area contributed by atoms with E-state index in [1.54, 1.807) is 6.92 Å². The molecule has 98 valence electrons. The Hall–Kier alpha value is -1.16. The Morgan fingerprint density at radius 1 is 1.22 bits per heavy atom. The van der Waals surface area contributed by atoms with Crippen LogP contribution < -0.4 is 5.32 Å². The van der Waals surface area contributed by atoms with Gasteiger partial charge in [-0.25, -0.2) is 9.97 Å². The van der Waals surface area contributed by atoms with E-state index in [2.05, 4.69) is 15.3 Å². The van der Waals surface area contributed by atoms with Crippen LogP contribution in [0.5, 0.6) is 0 Å². The summed E-state index contributed by atoms with van der Waals surface area (Å²) in [5, 5.41) is 3.59. The molecule has 1 aromatic rings. The first kappa shape index (κ1) is 13.3. The molecule has 0 bridgehead atoms. The third kappa shape index (κ3) is 3.19. The number of rotatable bonds is 3. The highest BCUT2D eigenvalue weighted by Crippen LogP contribution is 2.24. The zero-order valence-electron chi connectivity index (χ0n) is 10.6. The van der Waals surface area contributed by atoms with Crippen molar-refractivity contribution in [1.82, 2.24) is 9.97 Å². The maximum Gasteiger partial charge on any atom is 0.156 e. The normalized spacial score (nSPS) is 17.2. The van der Waals surface area contributed by atoms with Gasteiger partial charge in [0, 0.05) is 6.04 Å². The highest BCUT2D eigenvalue weighted by atomic mass is 35.5. The van der Waals surface area contributed by atoms with Crippen molar-refractivity contribution in [1.29, 1.82) is 0 Å². The third-order valence-corrected chi connectivity index (χ3v) is 3.61. The highest BCUT2D eigenvalue weighted by Gasteiger charge is 2.16. The van der Waals surface area contributed by atoms with Crippen molar-refractivity contribution < 1.29 is 4.79 Å². The number of carbonyl (C=O) groups excluding carboxylic acids is 1. The van der Waals surface area contributed by atoms with E-state index in [-0.39, 0.29) is 5.15 Å². The summed E-state index contributed by atoms with van der Waals surface area (Å²) in [5.41, 5.74) is 0.367. The molecule has 4 nitrogen and oxygen atoms in total. The summed E-state index contributed by atoms with van der Waals surface area (Å²) < 4.78 is 0. The Bertz CT molecular complexity index is 428. The molecule has 0 unspecified atom stereocenters. The van der Waals surface area contributed by atoms with Gasteiger partial charge in [-0.2, -0.15) is 0 Å². The maximum absolute atomic E-state index is 11.1. The molecular weight excluding hydrogens is 250 g/mol. The van der Waals surface area contributed by atoms with Gasteiger partial charge in [-0.15, -0.1) is 0 Å². The van der Waals surface area contributed by atoms with Crippen molar-refractivity contribution in [2.75, 3.05) is 5.32 Å². The molecule has 1 heterocycles. The lowest BCUT2D eigenvalue weighted by Gasteiger charge is -2.18. The number of carbonyl (C=O) groups is 1. The minimum absolute atomic E-state index is 0.230. The lowest BCUT2D eigenvalue weighted by molar-refractivity contribution is 0.112. The number of aldehydes is 1. The van der Waals surface area contributed by atoms with Gasteiger partial charge >= 0.3 is 0 Å². The van der Waals surface area contributed by atoms with Gasteiger partial charge in [0.25, 0.3) is 0 Å². The average molecular weight is 268 g/mol. The molecule has 1 N–H and O–H groups in total. The zero-order valence-corrected chi connectivity index (χ0v) is 11.3. The van der Waals surface area contributed by atoms with Crippen LogP contribution in [0.25, 0.3) is 0 Å². The molecule has 2 rings (SSSR count). The fourth-order valence-corrected chi connectivity index (χ4v) is 2.63. The second-order valence-corrected chi connectivity index (χ2v) is 5.13. The van der Waals surface area contributed by atoms with Gasteiger partial charge in [0.1, 0.15) is 16.8 Å². The number of aryl methyl sites for hydroxylation is 1. The standard InChI is InChI=1S/C13H18ClN3O/c1-9-15-12(14)11(8-18)13(16-9)17-10-6-4-2-3-5-7-10/h8,10H,2-7H2,1H3,(H,15,16,17). The summed E-state index contributed by atoms with van der Waals surface area (Å²) in [5.74, 6) is 1.16. The van der Waals surface area contributed by atoms with Crippen LogP contribution in [0.15, 0.2) is 0 Å². The van der Waals surface area contributed by atoms with E-state index in [1.165, 1.54) is 25.7 Å². The molecule has 0 spiro atoms. The molecule has 18 heavy (non-hydrogen) atoms. The van der Waals surface area contributed by atoms with Gasteiger partial charge in [0.05, 0.1) is 5.56 Å². The van der Waals surface area contributed by atoms with Gasteiger partial charge in [-0.1, -0.05) is 37.3 Å². The van der Waals surface area contributed by atoms with Crippen molar-refractivity contribution in [3.8, 4) is 0 Å². The van der Waals surface area contributed by atoms with Crippen LogP contribution in [0, 0.1) is 6.92 Å². The van der Waals surface area contributed by atoms with E-state index in [0.717, 1.165) is 19.1 Å². The maximum atomic E-state index is 11.1. The number of hydrogen-bond acceptors (Lipinski definition) is 4. The third-order valence-electron chi connectivity index (χ3n) is 3.32. The van der Waals surface area contributed by atoms with E-state index in [0.29, 0.717) is 23.2 Å². The smallest absolute Gasteiger partial charge is 0.156 e. The van der Waals surface area contributed by atoms with Crippen LogP contribution in [0.2, 0.25) is 5.15 Å². The van der Waals surface area contributed by atoms with Gasteiger partial charge in [-0.3, -0.25) is 4.79 Å². The predicted octanol–water partition coefficient (Wildman–Crippen LogP) is 3.39. The fraction of sp³-hybridized carbons (Fsp3) is 0.615. The SMILES string of the molecule is Cc1nc(Cl)c(C=O)c(NC2CCCCCC2)n1. The molecule has 0 aromatic carbocycles. The molecule has 0 radical (unpaired) electrons. The predicted molar refractivity (Wildman–Crippen MR) is 72.3 cm³/mol. The minimum Gasteiger partial charge on any atom is -0.367 e. The topological polar surface area (TPSA) is 54.9 Å². The second kappa shape index (κ2) is 6.14. The quantitative estimate of drug-likeness (QED) is 0.518. The summed E-state index contributed by atoms with van der Waals surface area (Å²) in [7, 11) is 0. The van der Waals surface area contributed by atoms with E-state index >= 15 is 0 Å². The van der Waals surface area contributed by atoms with Gasteiger partial charge < -0.3 is 5.32 Å². The van der Waals surface area contributed by atoms with Gasteiger partial charge in [0.2, 0.25) is 0 Å². The van der Waals surface area contributed by atoms with Crippen LogP contribution in [0.4, 0.5) is 5.82 Å². The Balaban J connectivity index is 2.18. The van der Waals surface area contributed by atoms with E-state index in [4.69, 9.17) is 11.6 Å². The molecule has 1 saturated carbocycles. The van der Waals surface area contributed by atoms with Crippen LogP contribution in [0.3, 0.4) is 0 Å². The first-order valence-corrected chi connectivity index (χ1v) is 6.84. The summed E-state index contributed by atoms with van der Waals surface area (Å²) in [6.07, 6.45) is 8.01. The number of anilines is 1. The fourth-order valence-electron chi connectivity index (χ4n) is 2.38. The Morgan fingerprint density at radius 2 is 1.89 bits per heavy atom. The molecular formula is C13H18ClN3O. The summed E-state index contributed by atoms with van der Waals surface area (Å²) in [6.45, 7) is 1.78. The highest BCUT2D eigenvalue weighted by molar-refractivity contribution is 6.32. The van der Waals surface area contributed by atoms with E-state index in [9.17, 15) is 4.79 Å². The molecule has 1 aliphatic rings. The van der Waals surface area contributed by atoms with Crippen molar-refractivity contribution in [2.45, 2.75) is 51.5 Å². The minimum atomic E-state index is 0.230. The molecule has 5 heteroatoms. The van der Waals surface area contributed by atoms with E-state index in [1.807, 2.05) is 0 Å². The lowest BCUT2D eigenvalue weighted by atomic mass is 10.1. The molecule has 0 atom stereocenters. The van der Waals surface area contributed by atoms with Crippen LogP contribution in [-0.2, 0) is 0 Å². The van der Waals surface area contributed by atoms with Crippen molar-refractivity contribution in [2.24, 2.45) is 0 Å². The van der Waals surface area contributed by atoms with Crippen LogP contribution >= 0.6 is 11.6 Å². The first-order valence-electron chi connectivity index (χ1n) is 6.46. The number of aromatic nitrogens is 2. The Morgan fingerprint density at radius 3 is 2.50 bits per heavy atom.